The first-order valence-electron chi connectivity index (χ1n) is 19.9. The van der Waals surface area contributed by atoms with Crippen molar-refractivity contribution in [1.29, 1.82) is 0 Å². The molecule has 4 heterocycles. The third-order valence-corrected chi connectivity index (χ3v) is 12.0. The molecule has 2 N–H and O–H groups in total. The number of nitrogens with zero attached hydrogens (tertiary/aromatic N) is 1. The minimum Gasteiger partial charge on any atom is -0.456 e. The summed E-state index contributed by atoms with van der Waals surface area (Å²) >= 11 is 0. The van der Waals surface area contributed by atoms with Gasteiger partial charge in [0.25, 0.3) is 11.7 Å². The molecule has 4 aliphatic heterocycles. The van der Waals surface area contributed by atoms with Gasteiger partial charge in [-0.2, -0.15) is 0 Å². The lowest BCUT2D eigenvalue weighted by Gasteiger charge is -2.47. The van der Waals surface area contributed by atoms with Gasteiger partial charge in [0.2, 0.25) is 5.79 Å². The monoisotopic (exact) mass is 759 g/mol. The van der Waals surface area contributed by atoms with Crippen molar-refractivity contribution >= 4 is 23.4 Å². The molecule has 0 radical (unpaired) electrons. The Labute approximate surface area is 321 Å². The summed E-state index contributed by atoms with van der Waals surface area (Å²) in [4.78, 5) is 57.5. The van der Waals surface area contributed by atoms with Gasteiger partial charge in [-0.3, -0.25) is 14.4 Å². The first-order chi connectivity index (χ1) is 25.6. The van der Waals surface area contributed by atoms with Gasteiger partial charge in [0.05, 0.1) is 18.3 Å². The number of carbonyl (C=O) groups excluding carboxylic acids is 4. The summed E-state index contributed by atoms with van der Waals surface area (Å²) in [5, 5.41) is 23.6. The van der Waals surface area contributed by atoms with Crippen LogP contribution in [0, 0.1) is 29.6 Å². The molecule has 3 saturated heterocycles. The van der Waals surface area contributed by atoms with Crippen LogP contribution >= 0.6 is 0 Å². The van der Waals surface area contributed by atoms with Gasteiger partial charge in [-0.1, -0.05) is 44.6 Å². The van der Waals surface area contributed by atoms with Crippen LogP contribution in [0.3, 0.4) is 0 Å². The van der Waals surface area contributed by atoms with E-state index in [2.05, 4.69) is 12.7 Å². The quantitative estimate of drug-likeness (QED) is 0.216. The summed E-state index contributed by atoms with van der Waals surface area (Å²) in [7, 11) is 3.07. The standard InChI is InChI=1S/C42H65NO11/c1-9-12-31-20-25(2)19-26(3)21-35(50-7)38-36(51-8)23-28(5)42(49,54-38)39(46)40(47)43-16-11-10-13-32(43)41(48)53-37(29(6)33(44)24-34(31)45)27(4)22-30-14-17-52-18-15-30/h9,20,22,26,28-33,35-38,44,49H,1,10-19,21,23-24H2,2-8H3/b25-20+,27-22+/t26-,28+,29+,31+,32-,33-,35-,36-,37+,38+,42+/m0/s1. The predicted octanol–water partition coefficient (Wildman–Crippen LogP) is 4.89. The Kier molecular flexibility index (Phi) is 16.2. The van der Waals surface area contributed by atoms with Gasteiger partial charge in [-0.15, -0.1) is 6.58 Å². The van der Waals surface area contributed by atoms with E-state index in [0.717, 1.165) is 24.0 Å². The van der Waals surface area contributed by atoms with E-state index >= 15 is 0 Å². The van der Waals surface area contributed by atoms with Gasteiger partial charge >= 0.3 is 5.97 Å². The number of esters is 1. The molecule has 304 valence electrons. The number of methoxy groups -OCH3 is 2. The van der Waals surface area contributed by atoms with Crippen LogP contribution in [0.25, 0.3) is 0 Å². The van der Waals surface area contributed by atoms with Crippen LogP contribution in [0.5, 0.6) is 0 Å². The van der Waals surface area contributed by atoms with Gasteiger partial charge in [0.1, 0.15) is 24.0 Å². The average Bonchev–Trinajstić information content (AvgIpc) is 3.15. The fraction of sp³-hybridized carbons (Fsp3) is 0.762. The number of hydrogen-bond donors (Lipinski definition) is 2. The average molecular weight is 760 g/mol. The summed E-state index contributed by atoms with van der Waals surface area (Å²) in [5.41, 5.74) is 1.71. The molecular weight excluding hydrogens is 694 g/mol. The van der Waals surface area contributed by atoms with E-state index in [0.29, 0.717) is 45.3 Å². The maximum atomic E-state index is 14.2. The third kappa shape index (κ3) is 10.6. The minimum absolute atomic E-state index is 0.0276. The number of allylic oxidation sites excluding steroid dienone is 4. The number of piperidine rings is 1. The van der Waals surface area contributed by atoms with Crippen LogP contribution in [0.2, 0.25) is 0 Å². The number of carbonyl (C=O) groups is 4. The predicted molar refractivity (Wildman–Crippen MR) is 202 cm³/mol. The Hall–Kier alpha value is -2.74. The van der Waals surface area contributed by atoms with Crippen molar-refractivity contribution in [2.24, 2.45) is 29.6 Å². The molecule has 0 aromatic rings. The van der Waals surface area contributed by atoms with Gasteiger partial charge in [-0.05, 0) is 89.0 Å². The maximum Gasteiger partial charge on any atom is 0.329 e. The Balaban J connectivity index is 1.77. The molecule has 1 amide bonds. The number of cyclic esters (lactones) is 1. The topological polar surface area (TPSA) is 158 Å². The lowest BCUT2D eigenvalue weighted by Crippen LogP contribution is -2.64. The van der Waals surface area contributed by atoms with Crippen molar-refractivity contribution in [2.45, 2.75) is 141 Å². The van der Waals surface area contributed by atoms with E-state index < -0.39 is 77.8 Å². The van der Waals surface area contributed by atoms with Crippen molar-refractivity contribution in [3.8, 4) is 0 Å². The molecule has 0 aromatic heterocycles. The highest BCUT2D eigenvalue weighted by Gasteiger charge is 2.56. The molecule has 0 aromatic carbocycles. The van der Waals surface area contributed by atoms with Crippen LogP contribution < -0.4 is 0 Å². The highest BCUT2D eigenvalue weighted by molar-refractivity contribution is 6.39. The fourth-order valence-corrected chi connectivity index (χ4v) is 8.76. The molecule has 0 spiro atoms. The highest BCUT2D eigenvalue weighted by atomic mass is 16.7. The van der Waals surface area contributed by atoms with Crippen molar-refractivity contribution in [3.63, 3.8) is 0 Å². The van der Waals surface area contributed by atoms with Gasteiger partial charge in [0, 0.05) is 58.2 Å². The van der Waals surface area contributed by atoms with Crippen molar-refractivity contribution < 1.29 is 53.1 Å². The number of ether oxygens (including phenoxy) is 5. The largest absolute Gasteiger partial charge is 0.456 e. The number of fused-ring (bicyclic) bond motifs is 3. The van der Waals surface area contributed by atoms with Gasteiger partial charge in [0.15, 0.2) is 0 Å². The summed E-state index contributed by atoms with van der Waals surface area (Å²) in [6, 6.07) is -1.10. The second kappa shape index (κ2) is 19.9. The highest BCUT2D eigenvalue weighted by Crippen LogP contribution is 2.39. The molecule has 4 rings (SSSR count). The third-order valence-electron chi connectivity index (χ3n) is 12.0. The summed E-state index contributed by atoms with van der Waals surface area (Å²) in [6.07, 6.45) is 6.20. The minimum atomic E-state index is -2.49. The number of rotatable bonds is 6. The molecular formula is C42H65NO11. The number of Topliss-reactive ketones (excluding diaryl/α,β-unsaturated/α-hetero) is 2. The Morgan fingerprint density at radius 3 is 2.33 bits per heavy atom. The molecule has 11 atom stereocenters. The zero-order valence-electron chi connectivity index (χ0n) is 33.5. The second-order valence-corrected chi connectivity index (χ2v) is 16.3. The summed E-state index contributed by atoms with van der Waals surface area (Å²) in [6.45, 7) is 14.5. The molecule has 0 unspecified atom stereocenters. The van der Waals surface area contributed by atoms with Crippen LogP contribution in [0.4, 0.5) is 0 Å². The number of hydrogen-bond acceptors (Lipinski definition) is 11. The Bertz CT molecular complexity index is 1390. The Morgan fingerprint density at radius 2 is 1.69 bits per heavy atom. The summed E-state index contributed by atoms with van der Waals surface area (Å²) in [5.74, 6) is -7.30. The zero-order chi connectivity index (χ0) is 39.7. The van der Waals surface area contributed by atoms with Gasteiger partial charge < -0.3 is 38.8 Å². The first-order valence-corrected chi connectivity index (χ1v) is 19.9. The van der Waals surface area contributed by atoms with E-state index in [1.54, 1.807) is 19.9 Å². The molecule has 12 heteroatoms. The van der Waals surface area contributed by atoms with Crippen LogP contribution in [0.15, 0.2) is 36.0 Å². The van der Waals surface area contributed by atoms with Crippen molar-refractivity contribution in [2.75, 3.05) is 34.0 Å². The van der Waals surface area contributed by atoms with Crippen LogP contribution in [0.1, 0.15) is 98.8 Å². The number of amides is 1. The smallest absolute Gasteiger partial charge is 0.329 e. The molecule has 2 bridgehead atoms. The van der Waals surface area contributed by atoms with E-state index in [4.69, 9.17) is 23.7 Å². The van der Waals surface area contributed by atoms with E-state index in [9.17, 15) is 29.4 Å². The zero-order valence-corrected chi connectivity index (χ0v) is 33.5. The first kappa shape index (κ1) is 44.0. The van der Waals surface area contributed by atoms with E-state index in [1.807, 2.05) is 26.8 Å². The molecule has 3 fully saturated rings. The number of ketones is 2. The van der Waals surface area contributed by atoms with Gasteiger partial charge in [-0.25, -0.2) is 4.79 Å². The van der Waals surface area contributed by atoms with Crippen molar-refractivity contribution in [1.82, 2.24) is 4.90 Å². The molecule has 4 aliphatic rings. The molecule has 12 nitrogen and oxygen atoms in total. The SMILES string of the molecule is C=CC[C@@H]1/C=C(\C)C[C@H](C)C[C@H](OC)[C@H]2O[C@@](O)(C(=O)C(=O)N3CCCC[C@H]3C(=O)O[C@H](/C(C)=C/C3CCOCC3)[C@H](C)[C@@H](O)CC1=O)[C@H](C)C[C@@H]2OC. The van der Waals surface area contributed by atoms with E-state index in [1.165, 1.54) is 19.1 Å². The normalized spacial score (nSPS) is 38.8. The Morgan fingerprint density at radius 1 is 1.02 bits per heavy atom. The molecule has 54 heavy (non-hydrogen) atoms. The number of aliphatic hydroxyl groups excluding tert-OH is 1. The van der Waals surface area contributed by atoms with Crippen LogP contribution in [-0.4, -0.2) is 115 Å². The van der Waals surface area contributed by atoms with E-state index in [-0.39, 0.29) is 43.4 Å². The van der Waals surface area contributed by atoms with Crippen LogP contribution in [-0.2, 0) is 42.9 Å². The molecule has 0 saturated carbocycles. The van der Waals surface area contributed by atoms with Crippen molar-refractivity contribution in [3.05, 3.63) is 36.0 Å². The number of aliphatic hydroxyl groups is 2. The lowest BCUT2D eigenvalue weighted by atomic mass is 9.82. The maximum absolute atomic E-state index is 14.2. The second-order valence-electron chi connectivity index (χ2n) is 16.3. The molecule has 0 aliphatic carbocycles. The summed E-state index contributed by atoms with van der Waals surface area (Å²) < 4.78 is 29.7. The fourth-order valence-electron chi connectivity index (χ4n) is 8.76. The lowest BCUT2D eigenvalue weighted by molar-refractivity contribution is -0.302.